The van der Waals surface area contributed by atoms with E-state index < -0.39 is 0 Å². The zero-order valence-electron chi connectivity index (χ0n) is 9.69. The number of anilines is 1. The molecule has 1 saturated heterocycles. The van der Waals surface area contributed by atoms with Crippen LogP contribution in [0, 0.1) is 0 Å². The number of benzene rings is 1. The molecule has 1 heterocycles. The van der Waals surface area contributed by atoms with Crippen molar-refractivity contribution in [1.29, 1.82) is 0 Å². The Labute approximate surface area is 99.8 Å². The minimum absolute atomic E-state index is 0.00990. The maximum Gasteiger partial charge on any atom is 0.241 e. The van der Waals surface area contributed by atoms with Crippen molar-refractivity contribution in [3.8, 4) is 11.5 Å². The Morgan fingerprint density at radius 3 is 3.00 bits per heavy atom. The lowest BCUT2D eigenvalue weighted by Gasteiger charge is -2.12. The monoisotopic (exact) mass is 236 g/mol. The van der Waals surface area contributed by atoms with Crippen molar-refractivity contribution < 1.29 is 14.6 Å². The standard InChI is InChI=1S/C12H16N2O3/c1-17-8-4-5-9(11(15)7-8)14-12(16)10-3-2-6-13-10/h4-5,7,10,13,15H,2-3,6H2,1H3,(H,14,16). The fraction of sp³-hybridized carbons (Fsp3) is 0.417. The third-order valence-corrected chi connectivity index (χ3v) is 2.84. The van der Waals surface area contributed by atoms with E-state index in [4.69, 9.17) is 4.74 Å². The van der Waals surface area contributed by atoms with Crippen LogP contribution in [0.25, 0.3) is 0 Å². The third-order valence-electron chi connectivity index (χ3n) is 2.84. The van der Waals surface area contributed by atoms with Crippen LogP contribution in [0.1, 0.15) is 12.8 Å². The molecule has 17 heavy (non-hydrogen) atoms. The average Bonchev–Trinajstić information content (AvgIpc) is 2.85. The van der Waals surface area contributed by atoms with Crippen molar-refractivity contribution in [3.63, 3.8) is 0 Å². The van der Waals surface area contributed by atoms with E-state index in [1.54, 1.807) is 12.1 Å². The molecule has 0 bridgehead atoms. The molecule has 1 unspecified atom stereocenters. The van der Waals surface area contributed by atoms with Crippen LogP contribution in [-0.4, -0.2) is 30.7 Å². The first-order chi connectivity index (χ1) is 8.20. The van der Waals surface area contributed by atoms with E-state index in [-0.39, 0.29) is 17.7 Å². The number of carbonyl (C=O) groups excluding carboxylic acids is 1. The molecule has 0 aromatic heterocycles. The molecule has 1 fully saturated rings. The van der Waals surface area contributed by atoms with Crippen LogP contribution < -0.4 is 15.4 Å². The summed E-state index contributed by atoms with van der Waals surface area (Å²) in [5, 5.41) is 15.5. The van der Waals surface area contributed by atoms with Gasteiger partial charge in [0.1, 0.15) is 11.5 Å². The lowest BCUT2D eigenvalue weighted by atomic mass is 10.2. The molecule has 3 N–H and O–H groups in total. The van der Waals surface area contributed by atoms with Gasteiger partial charge in [-0.3, -0.25) is 4.79 Å². The summed E-state index contributed by atoms with van der Waals surface area (Å²) in [6.45, 7) is 0.868. The Morgan fingerprint density at radius 2 is 2.41 bits per heavy atom. The van der Waals surface area contributed by atoms with Crippen LogP contribution >= 0.6 is 0 Å². The minimum Gasteiger partial charge on any atom is -0.506 e. The molecular weight excluding hydrogens is 220 g/mol. The van der Waals surface area contributed by atoms with Crippen LogP contribution in [0.4, 0.5) is 5.69 Å². The van der Waals surface area contributed by atoms with Crippen molar-refractivity contribution in [3.05, 3.63) is 18.2 Å². The largest absolute Gasteiger partial charge is 0.506 e. The molecule has 92 valence electrons. The number of hydrogen-bond donors (Lipinski definition) is 3. The van der Waals surface area contributed by atoms with Gasteiger partial charge in [-0.05, 0) is 31.5 Å². The van der Waals surface area contributed by atoms with E-state index in [2.05, 4.69) is 10.6 Å². The van der Waals surface area contributed by atoms with Gasteiger partial charge in [0.15, 0.2) is 0 Å². The molecule has 5 heteroatoms. The first-order valence-corrected chi connectivity index (χ1v) is 5.62. The summed E-state index contributed by atoms with van der Waals surface area (Å²) in [7, 11) is 1.52. The van der Waals surface area contributed by atoms with Crippen molar-refractivity contribution >= 4 is 11.6 Å². The van der Waals surface area contributed by atoms with E-state index in [0.717, 1.165) is 19.4 Å². The van der Waals surface area contributed by atoms with Crippen LogP contribution in [-0.2, 0) is 4.79 Å². The molecule has 5 nitrogen and oxygen atoms in total. The molecular formula is C12H16N2O3. The molecule has 0 radical (unpaired) electrons. The fourth-order valence-electron chi connectivity index (χ4n) is 1.87. The molecule has 1 aliphatic heterocycles. The lowest BCUT2D eigenvalue weighted by molar-refractivity contribution is -0.117. The molecule has 0 saturated carbocycles. The number of methoxy groups -OCH3 is 1. The normalized spacial score (nSPS) is 19.0. The highest BCUT2D eigenvalue weighted by Gasteiger charge is 2.22. The average molecular weight is 236 g/mol. The number of carbonyl (C=O) groups is 1. The Bertz CT molecular complexity index is 414. The summed E-state index contributed by atoms with van der Waals surface area (Å²) in [4.78, 5) is 11.8. The molecule has 1 aromatic rings. The number of rotatable bonds is 3. The summed E-state index contributed by atoms with van der Waals surface area (Å²) >= 11 is 0. The van der Waals surface area contributed by atoms with Crippen LogP contribution in [0.15, 0.2) is 18.2 Å². The van der Waals surface area contributed by atoms with E-state index in [9.17, 15) is 9.90 Å². The zero-order valence-corrected chi connectivity index (χ0v) is 9.69. The van der Waals surface area contributed by atoms with Crippen LogP contribution in [0.5, 0.6) is 11.5 Å². The topological polar surface area (TPSA) is 70.6 Å². The number of phenols is 1. The smallest absolute Gasteiger partial charge is 0.241 e. The van der Waals surface area contributed by atoms with E-state index in [1.807, 2.05) is 0 Å². The highest BCUT2D eigenvalue weighted by Crippen LogP contribution is 2.28. The van der Waals surface area contributed by atoms with E-state index in [0.29, 0.717) is 11.4 Å². The van der Waals surface area contributed by atoms with Gasteiger partial charge in [0, 0.05) is 6.07 Å². The Hall–Kier alpha value is -1.75. The van der Waals surface area contributed by atoms with Gasteiger partial charge in [0.25, 0.3) is 0 Å². The van der Waals surface area contributed by atoms with Gasteiger partial charge in [-0.25, -0.2) is 0 Å². The molecule has 0 spiro atoms. The summed E-state index contributed by atoms with van der Waals surface area (Å²) in [6, 6.07) is 4.63. The van der Waals surface area contributed by atoms with Gasteiger partial charge in [0.05, 0.1) is 18.8 Å². The van der Waals surface area contributed by atoms with Crippen molar-refractivity contribution in [2.24, 2.45) is 0 Å². The summed E-state index contributed by atoms with van der Waals surface area (Å²) in [5.41, 5.74) is 0.407. The Morgan fingerprint density at radius 1 is 1.59 bits per heavy atom. The fourth-order valence-corrected chi connectivity index (χ4v) is 1.87. The molecule has 1 aromatic carbocycles. The second-order valence-corrected chi connectivity index (χ2v) is 4.02. The molecule has 2 rings (SSSR count). The molecule has 1 aliphatic rings. The summed E-state index contributed by atoms with van der Waals surface area (Å²) < 4.78 is 4.97. The van der Waals surface area contributed by atoms with Crippen molar-refractivity contribution in [2.75, 3.05) is 19.0 Å². The number of amides is 1. The number of hydrogen-bond acceptors (Lipinski definition) is 4. The highest BCUT2D eigenvalue weighted by atomic mass is 16.5. The van der Waals surface area contributed by atoms with Gasteiger partial charge in [-0.1, -0.05) is 0 Å². The van der Waals surface area contributed by atoms with Gasteiger partial charge in [0.2, 0.25) is 5.91 Å². The summed E-state index contributed by atoms with van der Waals surface area (Å²) in [6.07, 6.45) is 1.84. The summed E-state index contributed by atoms with van der Waals surface area (Å²) in [5.74, 6) is 0.457. The quantitative estimate of drug-likeness (QED) is 0.687. The number of ether oxygens (including phenoxy) is 1. The molecule has 1 amide bonds. The van der Waals surface area contributed by atoms with Crippen molar-refractivity contribution in [2.45, 2.75) is 18.9 Å². The molecule has 0 aliphatic carbocycles. The predicted molar refractivity (Wildman–Crippen MR) is 64.3 cm³/mol. The number of phenolic OH excluding ortho intramolecular Hbond substituents is 1. The minimum atomic E-state index is -0.156. The van der Waals surface area contributed by atoms with Crippen molar-refractivity contribution in [1.82, 2.24) is 5.32 Å². The second-order valence-electron chi connectivity index (χ2n) is 4.02. The van der Waals surface area contributed by atoms with E-state index in [1.165, 1.54) is 13.2 Å². The third kappa shape index (κ3) is 2.68. The van der Waals surface area contributed by atoms with E-state index >= 15 is 0 Å². The predicted octanol–water partition coefficient (Wildman–Crippen LogP) is 1.09. The number of nitrogens with one attached hydrogen (secondary N) is 2. The maximum absolute atomic E-state index is 11.8. The van der Waals surface area contributed by atoms with Crippen LogP contribution in [0.3, 0.4) is 0 Å². The second kappa shape index (κ2) is 5.05. The zero-order chi connectivity index (χ0) is 12.3. The van der Waals surface area contributed by atoms with Gasteiger partial charge in [-0.2, -0.15) is 0 Å². The van der Waals surface area contributed by atoms with Gasteiger partial charge < -0.3 is 20.5 Å². The maximum atomic E-state index is 11.8. The van der Waals surface area contributed by atoms with Crippen LogP contribution in [0.2, 0.25) is 0 Å². The van der Waals surface area contributed by atoms with Gasteiger partial charge in [-0.15, -0.1) is 0 Å². The molecule has 1 atom stereocenters. The Kier molecular flexibility index (Phi) is 3.49. The first kappa shape index (κ1) is 11.7. The first-order valence-electron chi connectivity index (χ1n) is 5.62. The number of aromatic hydroxyl groups is 1. The Balaban J connectivity index is 2.05. The lowest BCUT2D eigenvalue weighted by Crippen LogP contribution is -2.35. The highest BCUT2D eigenvalue weighted by molar-refractivity contribution is 5.96. The van der Waals surface area contributed by atoms with Gasteiger partial charge >= 0.3 is 0 Å². The SMILES string of the molecule is COc1ccc(NC(=O)C2CCCN2)c(O)c1.